The SMILES string of the molecule is CNC1=CC(Cl)=CC(C)(Cl)C1. The molecular formula is C8H11Cl2N. The third-order valence-electron chi connectivity index (χ3n) is 1.61. The molecule has 1 aliphatic rings. The molecule has 0 saturated carbocycles. The van der Waals surface area contributed by atoms with Crippen LogP contribution < -0.4 is 5.32 Å². The van der Waals surface area contributed by atoms with Crippen LogP contribution in [-0.4, -0.2) is 11.9 Å². The zero-order chi connectivity index (χ0) is 8.48. The fraction of sp³-hybridized carbons (Fsp3) is 0.500. The van der Waals surface area contributed by atoms with Crippen molar-refractivity contribution < 1.29 is 0 Å². The van der Waals surface area contributed by atoms with E-state index in [1.165, 1.54) is 0 Å². The molecule has 1 nitrogen and oxygen atoms in total. The maximum Gasteiger partial charge on any atom is 0.0669 e. The highest BCUT2D eigenvalue weighted by atomic mass is 35.5. The molecule has 62 valence electrons. The molecule has 0 aromatic carbocycles. The number of halogens is 2. The molecule has 1 rings (SSSR count). The van der Waals surface area contributed by atoms with Gasteiger partial charge in [-0.2, -0.15) is 0 Å². The second-order valence-corrected chi connectivity index (χ2v) is 4.20. The summed E-state index contributed by atoms with van der Waals surface area (Å²) in [6.45, 7) is 1.95. The summed E-state index contributed by atoms with van der Waals surface area (Å²) in [4.78, 5) is -0.329. The first-order valence-corrected chi connectivity index (χ1v) is 4.25. The van der Waals surface area contributed by atoms with Crippen molar-refractivity contribution in [3.8, 4) is 0 Å². The van der Waals surface area contributed by atoms with E-state index >= 15 is 0 Å². The molecule has 0 bridgehead atoms. The highest BCUT2D eigenvalue weighted by molar-refractivity contribution is 6.33. The summed E-state index contributed by atoms with van der Waals surface area (Å²) in [5, 5.41) is 3.75. The molecule has 1 aliphatic carbocycles. The molecular weight excluding hydrogens is 181 g/mol. The Morgan fingerprint density at radius 3 is 2.73 bits per heavy atom. The molecule has 0 aromatic heterocycles. The van der Waals surface area contributed by atoms with Gasteiger partial charge in [-0.3, -0.25) is 0 Å². The molecule has 0 fully saturated rings. The molecule has 0 radical (unpaired) electrons. The lowest BCUT2D eigenvalue weighted by Crippen LogP contribution is -2.22. The van der Waals surface area contributed by atoms with E-state index < -0.39 is 0 Å². The minimum atomic E-state index is -0.329. The van der Waals surface area contributed by atoms with Gasteiger partial charge in [0.05, 0.1) is 4.87 Å². The lowest BCUT2D eigenvalue weighted by molar-refractivity contribution is 0.705. The van der Waals surface area contributed by atoms with Gasteiger partial charge in [0.15, 0.2) is 0 Å². The maximum atomic E-state index is 6.10. The van der Waals surface area contributed by atoms with Crippen LogP contribution in [0.4, 0.5) is 0 Å². The average Bonchev–Trinajstić information content (AvgIpc) is 1.83. The zero-order valence-electron chi connectivity index (χ0n) is 6.62. The Bertz CT molecular complexity index is 216. The van der Waals surface area contributed by atoms with E-state index in [0.29, 0.717) is 5.03 Å². The predicted molar refractivity (Wildman–Crippen MR) is 50.0 cm³/mol. The van der Waals surface area contributed by atoms with Crippen molar-refractivity contribution >= 4 is 23.2 Å². The van der Waals surface area contributed by atoms with Crippen molar-refractivity contribution in [2.24, 2.45) is 0 Å². The number of hydrogen-bond acceptors (Lipinski definition) is 1. The molecule has 0 aliphatic heterocycles. The lowest BCUT2D eigenvalue weighted by atomic mass is 9.99. The second-order valence-electron chi connectivity index (χ2n) is 2.90. The minimum absolute atomic E-state index is 0.329. The van der Waals surface area contributed by atoms with Crippen molar-refractivity contribution in [1.29, 1.82) is 0 Å². The number of alkyl halides is 1. The van der Waals surface area contributed by atoms with E-state index in [4.69, 9.17) is 23.2 Å². The Morgan fingerprint density at radius 2 is 2.27 bits per heavy atom. The smallest absolute Gasteiger partial charge is 0.0669 e. The largest absolute Gasteiger partial charge is 0.391 e. The topological polar surface area (TPSA) is 12.0 Å². The summed E-state index contributed by atoms with van der Waals surface area (Å²) in [6, 6.07) is 0. The fourth-order valence-electron chi connectivity index (χ4n) is 1.13. The maximum absolute atomic E-state index is 6.10. The van der Waals surface area contributed by atoms with Gasteiger partial charge in [0.2, 0.25) is 0 Å². The van der Waals surface area contributed by atoms with Crippen LogP contribution >= 0.6 is 23.2 Å². The van der Waals surface area contributed by atoms with Crippen LogP contribution in [0.2, 0.25) is 0 Å². The fourth-order valence-corrected chi connectivity index (χ4v) is 1.82. The number of rotatable bonds is 1. The van der Waals surface area contributed by atoms with Gasteiger partial charge in [0, 0.05) is 24.2 Å². The zero-order valence-corrected chi connectivity index (χ0v) is 8.13. The van der Waals surface area contributed by atoms with Crippen molar-refractivity contribution in [3.63, 3.8) is 0 Å². The highest BCUT2D eigenvalue weighted by Gasteiger charge is 2.23. The summed E-state index contributed by atoms with van der Waals surface area (Å²) in [5.41, 5.74) is 1.08. The minimum Gasteiger partial charge on any atom is -0.391 e. The monoisotopic (exact) mass is 191 g/mol. The molecule has 0 amide bonds. The van der Waals surface area contributed by atoms with Crippen LogP contribution in [-0.2, 0) is 0 Å². The molecule has 11 heavy (non-hydrogen) atoms. The number of nitrogens with one attached hydrogen (secondary N) is 1. The van der Waals surface area contributed by atoms with Crippen LogP contribution in [0, 0.1) is 0 Å². The third kappa shape index (κ3) is 2.42. The first-order chi connectivity index (χ1) is 5.03. The van der Waals surface area contributed by atoms with Crippen LogP contribution in [0.15, 0.2) is 22.9 Å². The quantitative estimate of drug-likeness (QED) is 0.629. The van der Waals surface area contributed by atoms with E-state index in [9.17, 15) is 0 Å². The summed E-state index contributed by atoms with van der Waals surface area (Å²) in [6.07, 6.45) is 4.56. The van der Waals surface area contributed by atoms with Gasteiger partial charge in [-0.1, -0.05) is 11.6 Å². The molecule has 0 heterocycles. The predicted octanol–water partition coefficient (Wildman–Crippen LogP) is 2.61. The van der Waals surface area contributed by atoms with Gasteiger partial charge in [0.1, 0.15) is 0 Å². The average molecular weight is 192 g/mol. The van der Waals surface area contributed by atoms with E-state index in [-0.39, 0.29) is 4.87 Å². The van der Waals surface area contributed by atoms with E-state index in [2.05, 4.69) is 5.32 Å². The Kier molecular flexibility index (Phi) is 2.50. The molecule has 0 saturated heterocycles. The van der Waals surface area contributed by atoms with Gasteiger partial charge in [-0.25, -0.2) is 0 Å². The molecule has 0 aromatic rings. The molecule has 1 unspecified atom stereocenters. The van der Waals surface area contributed by atoms with Crippen molar-refractivity contribution in [2.75, 3.05) is 7.05 Å². The lowest BCUT2D eigenvalue weighted by Gasteiger charge is -2.23. The second kappa shape index (κ2) is 3.08. The summed E-state index contributed by atoms with van der Waals surface area (Å²) in [7, 11) is 1.87. The third-order valence-corrected chi connectivity index (χ3v) is 2.07. The first kappa shape index (κ1) is 8.95. The molecule has 3 heteroatoms. The van der Waals surface area contributed by atoms with Crippen LogP contribution in [0.1, 0.15) is 13.3 Å². The Hall–Kier alpha value is -0.140. The van der Waals surface area contributed by atoms with Gasteiger partial charge in [-0.15, -0.1) is 11.6 Å². The van der Waals surface area contributed by atoms with Crippen molar-refractivity contribution in [3.05, 3.63) is 22.9 Å². The summed E-state index contributed by atoms with van der Waals surface area (Å²) < 4.78 is 0. The first-order valence-electron chi connectivity index (χ1n) is 3.49. The Labute approximate surface area is 77.1 Å². The summed E-state index contributed by atoms with van der Waals surface area (Å²) >= 11 is 11.9. The normalized spacial score (nSPS) is 30.9. The Balaban J connectivity index is 2.84. The van der Waals surface area contributed by atoms with Gasteiger partial charge < -0.3 is 5.32 Å². The van der Waals surface area contributed by atoms with E-state index in [1.807, 2.05) is 26.1 Å². The van der Waals surface area contributed by atoms with Gasteiger partial charge in [-0.05, 0) is 19.1 Å². The van der Waals surface area contributed by atoms with Gasteiger partial charge in [0.25, 0.3) is 0 Å². The van der Waals surface area contributed by atoms with E-state index in [1.54, 1.807) is 0 Å². The standard InChI is InChI=1S/C8H11Cl2N/c1-8(10)4-6(9)3-7(5-8)11-2/h3-4,11H,5H2,1-2H3. The van der Waals surface area contributed by atoms with Crippen molar-refractivity contribution in [2.45, 2.75) is 18.2 Å². The van der Waals surface area contributed by atoms with Crippen LogP contribution in [0.3, 0.4) is 0 Å². The van der Waals surface area contributed by atoms with Crippen LogP contribution in [0.25, 0.3) is 0 Å². The van der Waals surface area contributed by atoms with Crippen LogP contribution in [0.5, 0.6) is 0 Å². The number of hydrogen-bond donors (Lipinski definition) is 1. The number of allylic oxidation sites excluding steroid dienone is 4. The molecule has 1 N–H and O–H groups in total. The van der Waals surface area contributed by atoms with E-state index in [0.717, 1.165) is 12.1 Å². The highest BCUT2D eigenvalue weighted by Crippen LogP contribution is 2.31. The van der Waals surface area contributed by atoms with Crippen molar-refractivity contribution in [1.82, 2.24) is 5.32 Å². The van der Waals surface area contributed by atoms with Gasteiger partial charge >= 0.3 is 0 Å². The Morgan fingerprint density at radius 1 is 1.64 bits per heavy atom. The summed E-state index contributed by atoms with van der Waals surface area (Å²) in [5.74, 6) is 0. The molecule has 0 spiro atoms. The molecule has 1 atom stereocenters.